The van der Waals surface area contributed by atoms with Crippen LogP contribution in [0.4, 0.5) is 13.2 Å². The number of hydrogen-bond acceptors (Lipinski definition) is 2. The molecule has 3 rings (SSSR count). The smallest absolute Gasteiger partial charge is 0.336 e. The lowest BCUT2D eigenvalue weighted by Crippen LogP contribution is -2.58. The molecule has 1 aliphatic rings. The summed E-state index contributed by atoms with van der Waals surface area (Å²) < 4.78 is 38.1. The topological polar surface area (TPSA) is 23.6 Å². The molecule has 0 radical (unpaired) electrons. The first kappa shape index (κ1) is 20.4. The van der Waals surface area contributed by atoms with Crippen molar-refractivity contribution in [1.82, 2.24) is 9.80 Å². The van der Waals surface area contributed by atoms with Gasteiger partial charge in [0.05, 0.1) is 5.56 Å². The second-order valence-corrected chi connectivity index (χ2v) is 7.46. The molecule has 0 saturated carbocycles. The molecule has 1 fully saturated rings. The molecule has 2 unspecified atom stereocenters. The quantitative estimate of drug-likeness (QED) is 0.768. The number of alkyl halides is 3. The van der Waals surface area contributed by atoms with Crippen LogP contribution in [0, 0.1) is 0 Å². The minimum Gasteiger partial charge on any atom is -0.336 e. The van der Waals surface area contributed by atoms with Crippen molar-refractivity contribution in [3.05, 3.63) is 71.3 Å². The molecule has 6 heteroatoms. The third kappa shape index (κ3) is 4.73. The van der Waals surface area contributed by atoms with Gasteiger partial charge in [-0.3, -0.25) is 9.69 Å². The van der Waals surface area contributed by atoms with Crippen LogP contribution in [0.2, 0.25) is 0 Å². The number of halogens is 3. The van der Waals surface area contributed by atoms with Crippen LogP contribution in [0.15, 0.2) is 54.6 Å². The van der Waals surface area contributed by atoms with Crippen LogP contribution in [-0.4, -0.2) is 47.4 Å². The zero-order chi connectivity index (χ0) is 20.3. The second kappa shape index (κ2) is 8.35. The Labute approximate surface area is 163 Å². The van der Waals surface area contributed by atoms with E-state index in [1.165, 1.54) is 17.7 Å². The molecule has 150 valence electrons. The Morgan fingerprint density at radius 1 is 0.964 bits per heavy atom. The summed E-state index contributed by atoms with van der Waals surface area (Å²) in [6.45, 7) is 6.23. The minimum atomic E-state index is -4.39. The number of rotatable bonds is 4. The van der Waals surface area contributed by atoms with Crippen LogP contribution >= 0.6 is 0 Å². The lowest BCUT2D eigenvalue weighted by Gasteiger charge is -2.44. The van der Waals surface area contributed by atoms with Crippen molar-refractivity contribution in [1.29, 1.82) is 0 Å². The van der Waals surface area contributed by atoms with Crippen molar-refractivity contribution in [2.24, 2.45) is 0 Å². The van der Waals surface area contributed by atoms with Crippen molar-refractivity contribution >= 4 is 5.91 Å². The van der Waals surface area contributed by atoms with Crippen molar-refractivity contribution in [3.63, 3.8) is 0 Å². The first-order valence-corrected chi connectivity index (χ1v) is 9.52. The van der Waals surface area contributed by atoms with E-state index in [1.807, 2.05) is 18.2 Å². The summed E-state index contributed by atoms with van der Waals surface area (Å²) in [5, 5.41) is 0. The summed E-state index contributed by atoms with van der Waals surface area (Å²) in [6.07, 6.45) is -3.45. The van der Waals surface area contributed by atoms with Crippen molar-refractivity contribution < 1.29 is 18.0 Å². The Hall–Kier alpha value is -2.34. The summed E-state index contributed by atoms with van der Waals surface area (Å²) in [6, 6.07) is 15.1. The molecule has 0 aromatic heterocycles. The molecule has 0 spiro atoms. The van der Waals surface area contributed by atoms with E-state index in [0.717, 1.165) is 25.1 Å². The number of benzene rings is 2. The zero-order valence-electron chi connectivity index (χ0n) is 16.1. The van der Waals surface area contributed by atoms with Crippen LogP contribution < -0.4 is 0 Å². The van der Waals surface area contributed by atoms with Crippen LogP contribution in [0.3, 0.4) is 0 Å². The number of piperazine rings is 1. The van der Waals surface area contributed by atoms with Crippen molar-refractivity contribution in [3.8, 4) is 0 Å². The second-order valence-electron chi connectivity index (χ2n) is 7.46. The fourth-order valence-corrected chi connectivity index (χ4v) is 3.85. The van der Waals surface area contributed by atoms with E-state index in [1.54, 1.807) is 4.90 Å². The predicted octanol–water partition coefficient (Wildman–Crippen LogP) is 4.48. The van der Waals surface area contributed by atoms with Gasteiger partial charge in [-0.2, -0.15) is 13.2 Å². The summed E-state index contributed by atoms with van der Waals surface area (Å²) in [5.41, 5.74) is 0.840. The standard InChI is InChI=1S/C22H25F3N2O/c1-16-14-26(21(28)19-8-10-20(11-9-19)22(23,24)25)15-17(2)27(16)13-12-18-6-4-3-5-7-18/h3-11,16-17H,12-15H2,1-2H3. The molecule has 3 nitrogen and oxygen atoms in total. The molecule has 0 N–H and O–H groups in total. The molecule has 1 saturated heterocycles. The van der Waals surface area contributed by atoms with Gasteiger partial charge in [0.1, 0.15) is 0 Å². The van der Waals surface area contributed by atoms with Crippen molar-refractivity contribution in [2.45, 2.75) is 38.5 Å². The fraction of sp³-hybridized carbons (Fsp3) is 0.409. The number of amides is 1. The first-order valence-electron chi connectivity index (χ1n) is 9.52. The average Bonchev–Trinajstić information content (AvgIpc) is 2.67. The molecular formula is C22H25F3N2O. The van der Waals surface area contributed by atoms with Gasteiger partial charge in [0.2, 0.25) is 0 Å². The summed E-state index contributed by atoms with van der Waals surface area (Å²) in [7, 11) is 0. The van der Waals surface area contributed by atoms with E-state index >= 15 is 0 Å². The van der Waals surface area contributed by atoms with E-state index in [9.17, 15) is 18.0 Å². The molecule has 1 aliphatic heterocycles. The van der Waals surface area contributed by atoms with Gasteiger partial charge >= 0.3 is 6.18 Å². The third-order valence-electron chi connectivity index (χ3n) is 5.35. The molecule has 0 aliphatic carbocycles. The highest BCUT2D eigenvalue weighted by Gasteiger charge is 2.33. The fourth-order valence-electron chi connectivity index (χ4n) is 3.85. The van der Waals surface area contributed by atoms with Gasteiger partial charge in [-0.25, -0.2) is 0 Å². The molecule has 0 bridgehead atoms. The van der Waals surface area contributed by atoms with Crippen LogP contribution in [0.25, 0.3) is 0 Å². The lowest BCUT2D eigenvalue weighted by molar-refractivity contribution is -0.137. The van der Waals surface area contributed by atoms with E-state index in [2.05, 4.69) is 30.9 Å². The summed E-state index contributed by atoms with van der Waals surface area (Å²) in [4.78, 5) is 16.9. The predicted molar refractivity (Wildman–Crippen MR) is 103 cm³/mol. The largest absolute Gasteiger partial charge is 0.416 e. The van der Waals surface area contributed by atoms with E-state index in [-0.39, 0.29) is 18.0 Å². The number of carbonyl (C=O) groups excluding carboxylic acids is 1. The van der Waals surface area contributed by atoms with E-state index < -0.39 is 11.7 Å². The maximum Gasteiger partial charge on any atom is 0.416 e. The number of nitrogens with zero attached hydrogens (tertiary/aromatic N) is 2. The Balaban J connectivity index is 1.62. The van der Waals surface area contributed by atoms with E-state index in [0.29, 0.717) is 18.7 Å². The van der Waals surface area contributed by atoms with Crippen LogP contribution in [-0.2, 0) is 12.6 Å². The Bertz CT molecular complexity index is 778. The summed E-state index contributed by atoms with van der Waals surface area (Å²) >= 11 is 0. The highest BCUT2D eigenvalue weighted by atomic mass is 19.4. The number of carbonyl (C=O) groups is 1. The minimum absolute atomic E-state index is 0.186. The highest BCUT2D eigenvalue weighted by Crippen LogP contribution is 2.29. The molecule has 2 aromatic carbocycles. The summed E-state index contributed by atoms with van der Waals surface area (Å²) in [5.74, 6) is -0.213. The monoisotopic (exact) mass is 390 g/mol. The Kier molecular flexibility index (Phi) is 6.08. The van der Waals surface area contributed by atoms with E-state index in [4.69, 9.17) is 0 Å². The SMILES string of the molecule is CC1CN(C(=O)c2ccc(C(F)(F)F)cc2)CC(C)N1CCc1ccccc1. The Morgan fingerprint density at radius 2 is 1.54 bits per heavy atom. The maximum atomic E-state index is 12.8. The Morgan fingerprint density at radius 3 is 2.07 bits per heavy atom. The molecular weight excluding hydrogens is 365 g/mol. The third-order valence-corrected chi connectivity index (χ3v) is 5.35. The molecule has 2 aromatic rings. The maximum absolute atomic E-state index is 12.8. The van der Waals surface area contributed by atoms with Crippen LogP contribution in [0.5, 0.6) is 0 Å². The highest BCUT2D eigenvalue weighted by molar-refractivity contribution is 5.94. The van der Waals surface area contributed by atoms with Gasteiger partial charge in [-0.15, -0.1) is 0 Å². The lowest BCUT2D eigenvalue weighted by atomic mass is 10.0. The molecule has 1 amide bonds. The van der Waals surface area contributed by atoms with Gasteiger partial charge in [-0.1, -0.05) is 30.3 Å². The van der Waals surface area contributed by atoms with Crippen molar-refractivity contribution in [2.75, 3.05) is 19.6 Å². The van der Waals surface area contributed by atoms with Gasteiger partial charge in [0.25, 0.3) is 5.91 Å². The van der Waals surface area contributed by atoms with Crippen LogP contribution in [0.1, 0.15) is 35.3 Å². The van der Waals surface area contributed by atoms with Gasteiger partial charge in [0, 0.05) is 37.3 Å². The number of hydrogen-bond donors (Lipinski definition) is 0. The molecule has 28 heavy (non-hydrogen) atoms. The normalized spacial score (nSPS) is 21.0. The van der Waals surface area contributed by atoms with Gasteiger partial charge in [0.15, 0.2) is 0 Å². The first-order chi connectivity index (χ1) is 13.3. The zero-order valence-corrected chi connectivity index (χ0v) is 16.1. The average molecular weight is 390 g/mol. The molecule has 1 heterocycles. The molecule has 2 atom stereocenters. The van der Waals surface area contributed by atoms with Gasteiger partial charge in [-0.05, 0) is 50.1 Å². The van der Waals surface area contributed by atoms with Gasteiger partial charge < -0.3 is 4.90 Å².